The van der Waals surface area contributed by atoms with Gasteiger partial charge in [0.2, 0.25) is 0 Å². The predicted molar refractivity (Wildman–Crippen MR) is 61.9 cm³/mol. The topological polar surface area (TPSA) is 87.7 Å². The largest absolute Gasteiger partial charge is 0.481 e. The zero-order chi connectivity index (χ0) is 12.5. The SMILES string of the molecule is O=C(O)CCCNC(=O)NCCC1CCCO1. The van der Waals surface area contributed by atoms with Crippen LogP contribution in [0.2, 0.25) is 0 Å². The molecular weight excluding hydrogens is 224 g/mol. The van der Waals surface area contributed by atoms with Crippen LogP contribution >= 0.6 is 0 Å². The molecule has 3 N–H and O–H groups in total. The minimum Gasteiger partial charge on any atom is -0.481 e. The van der Waals surface area contributed by atoms with Crippen LogP contribution in [0.5, 0.6) is 0 Å². The summed E-state index contributed by atoms with van der Waals surface area (Å²) >= 11 is 0. The molecule has 0 aromatic carbocycles. The van der Waals surface area contributed by atoms with Gasteiger partial charge in [-0.3, -0.25) is 4.79 Å². The summed E-state index contributed by atoms with van der Waals surface area (Å²) < 4.78 is 5.42. The number of amides is 2. The molecule has 0 aromatic rings. The molecule has 0 aliphatic carbocycles. The smallest absolute Gasteiger partial charge is 0.314 e. The molecule has 1 rings (SSSR count). The van der Waals surface area contributed by atoms with E-state index in [-0.39, 0.29) is 18.6 Å². The molecule has 1 aliphatic rings. The van der Waals surface area contributed by atoms with E-state index in [2.05, 4.69) is 10.6 Å². The van der Waals surface area contributed by atoms with Crippen LogP contribution < -0.4 is 10.6 Å². The van der Waals surface area contributed by atoms with E-state index >= 15 is 0 Å². The Bertz CT molecular complexity index is 252. The number of carbonyl (C=O) groups excluding carboxylic acids is 1. The zero-order valence-corrected chi connectivity index (χ0v) is 9.91. The predicted octanol–water partition coefficient (Wildman–Crippen LogP) is 0.719. The normalized spacial score (nSPS) is 18.9. The molecule has 98 valence electrons. The number of ether oxygens (including phenoxy) is 1. The van der Waals surface area contributed by atoms with Gasteiger partial charge in [-0.25, -0.2) is 4.79 Å². The van der Waals surface area contributed by atoms with Gasteiger partial charge >= 0.3 is 12.0 Å². The monoisotopic (exact) mass is 244 g/mol. The molecule has 0 spiro atoms. The molecule has 1 unspecified atom stereocenters. The highest BCUT2D eigenvalue weighted by Gasteiger charge is 2.14. The third-order valence-electron chi connectivity index (χ3n) is 2.63. The molecular formula is C11H20N2O4. The molecule has 6 nitrogen and oxygen atoms in total. The summed E-state index contributed by atoms with van der Waals surface area (Å²) in [5.74, 6) is -0.842. The van der Waals surface area contributed by atoms with Crippen LogP contribution in [0.25, 0.3) is 0 Å². The maximum atomic E-state index is 11.3. The van der Waals surface area contributed by atoms with Crippen molar-refractivity contribution in [1.29, 1.82) is 0 Å². The fraction of sp³-hybridized carbons (Fsp3) is 0.818. The molecule has 0 radical (unpaired) electrons. The van der Waals surface area contributed by atoms with Gasteiger partial charge in [-0.05, 0) is 25.7 Å². The summed E-state index contributed by atoms with van der Waals surface area (Å²) in [6, 6.07) is -0.242. The van der Waals surface area contributed by atoms with E-state index < -0.39 is 5.97 Å². The molecule has 17 heavy (non-hydrogen) atoms. The van der Waals surface area contributed by atoms with E-state index in [4.69, 9.17) is 9.84 Å². The Morgan fingerprint density at radius 3 is 2.71 bits per heavy atom. The van der Waals surface area contributed by atoms with E-state index in [0.717, 1.165) is 25.9 Å². The van der Waals surface area contributed by atoms with Crippen LogP contribution in [-0.2, 0) is 9.53 Å². The number of rotatable bonds is 7. The van der Waals surface area contributed by atoms with E-state index in [1.807, 2.05) is 0 Å². The first-order valence-corrected chi connectivity index (χ1v) is 6.03. The van der Waals surface area contributed by atoms with Crippen molar-refractivity contribution in [2.45, 2.75) is 38.2 Å². The van der Waals surface area contributed by atoms with Crippen molar-refractivity contribution in [3.8, 4) is 0 Å². The molecule has 6 heteroatoms. The molecule has 2 amide bonds. The number of hydrogen-bond donors (Lipinski definition) is 3. The summed E-state index contributed by atoms with van der Waals surface area (Å²) in [6.07, 6.45) is 3.82. The lowest BCUT2D eigenvalue weighted by Crippen LogP contribution is -2.37. The second kappa shape index (κ2) is 7.89. The first kappa shape index (κ1) is 13.8. The van der Waals surface area contributed by atoms with Crippen LogP contribution in [0.15, 0.2) is 0 Å². The van der Waals surface area contributed by atoms with Crippen molar-refractivity contribution < 1.29 is 19.4 Å². The second-order valence-electron chi connectivity index (χ2n) is 4.10. The van der Waals surface area contributed by atoms with Crippen molar-refractivity contribution in [3.63, 3.8) is 0 Å². The lowest BCUT2D eigenvalue weighted by molar-refractivity contribution is -0.137. The lowest BCUT2D eigenvalue weighted by Gasteiger charge is -2.10. The minimum absolute atomic E-state index is 0.0796. The fourth-order valence-electron chi connectivity index (χ4n) is 1.72. The molecule has 0 bridgehead atoms. The van der Waals surface area contributed by atoms with E-state index in [1.54, 1.807) is 0 Å². The molecule has 0 aromatic heterocycles. The number of carbonyl (C=O) groups is 2. The molecule has 1 heterocycles. The average molecular weight is 244 g/mol. The van der Waals surface area contributed by atoms with Crippen molar-refractivity contribution in [1.82, 2.24) is 10.6 Å². The average Bonchev–Trinajstić information content (AvgIpc) is 2.77. The zero-order valence-electron chi connectivity index (χ0n) is 9.91. The Hall–Kier alpha value is -1.30. The molecule has 1 atom stereocenters. The number of aliphatic carboxylic acids is 1. The highest BCUT2D eigenvalue weighted by molar-refractivity contribution is 5.73. The number of carboxylic acids is 1. The van der Waals surface area contributed by atoms with Crippen LogP contribution in [-0.4, -0.2) is 42.9 Å². The van der Waals surface area contributed by atoms with Gasteiger partial charge in [0.25, 0.3) is 0 Å². The molecule has 0 saturated carbocycles. The second-order valence-corrected chi connectivity index (χ2v) is 4.10. The van der Waals surface area contributed by atoms with Gasteiger partial charge in [0.05, 0.1) is 6.10 Å². The summed E-state index contributed by atoms with van der Waals surface area (Å²) in [7, 11) is 0. The van der Waals surface area contributed by atoms with Gasteiger partial charge < -0.3 is 20.5 Å². The van der Waals surface area contributed by atoms with E-state index in [0.29, 0.717) is 19.5 Å². The highest BCUT2D eigenvalue weighted by atomic mass is 16.5. The van der Waals surface area contributed by atoms with Gasteiger partial charge in [-0.15, -0.1) is 0 Å². The van der Waals surface area contributed by atoms with Crippen LogP contribution in [0.3, 0.4) is 0 Å². The Balaban J connectivity index is 1.91. The van der Waals surface area contributed by atoms with E-state index in [9.17, 15) is 9.59 Å². The number of carboxylic acid groups (broad SMARTS) is 1. The molecule has 1 fully saturated rings. The molecule has 1 saturated heterocycles. The van der Waals surface area contributed by atoms with Crippen LogP contribution in [0, 0.1) is 0 Å². The van der Waals surface area contributed by atoms with Gasteiger partial charge in [0.1, 0.15) is 0 Å². The van der Waals surface area contributed by atoms with Crippen molar-refractivity contribution in [2.75, 3.05) is 19.7 Å². The fourth-order valence-corrected chi connectivity index (χ4v) is 1.72. The van der Waals surface area contributed by atoms with Crippen molar-refractivity contribution in [3.05, 3.63) is 0 Å². The Labute approximate surface area is 101 Å². The van der Waals surface area contributed by atoms with Gasteiger partial charge in [0.15, 0.2) is 0 Å². The van der Waals surface area contributed by atoms with Crippen molar-refractivity contribution in [2.24, 2.45) is 0 Å². The third-order valence-corrected chi connectivity index (χ3v) is 2.63. The number of urea groups is 1. The van der Waals surface area contributed by atoms with Crippen LogP contribution in [0.1, 0.15) is 32.1 Å². The molecule has 1 aliphatic heterocycles. The van der Waals surface area contributed by atoms with Gasteiger partial charge in [-0.1, -0.05) is 0 Å². The van der Waals surface area contributed by atoms with E-state index in [1.165, 1.54) is 0 Å². The number of hydrogen-bond acceptors (Lipinski definition) is 3. The Morgan fingerprint density at radius 1 is 1.29 bits per heavy atom. The van der Waals surface area contributed by atoms with Crippen molar-refractivity contribution >= 4 is 12.0 Å². The lowest BCUT2D eigenvalue weighted by atomic mass is 10.2. The minimum atomic E-state index is -0.842. The summed E-state index contributed by atoms with van der Waals surface area (Å²) in [6.45, 7) is 1.81. The maximum Gasteiger partial charge on any atom is 0.314 e. The van der Waals surface area contributed by atoms with Crippen LogP contribution in [0.4, 0.5) is 4.79 Å². The quantitative estimate of drug-likeness (QED) is 0.576. The Kier molecular flexibility index (Phi) is 6.39. The summed E-state index contributed by atoms with van der Waals surface area (Å²) in [5, 5.41) is 13.7. The first-order valence-electron chi connectivity index (χ1n) is 6.03. The maximum absolute atomic E-state index is 11.3. The standard InChI is InChI=1S/C11H20N2O4/c14-10(15)4-1-6-12-11(16)13-7-5-9-3-2-8-17-9/h9H,1-8H2,(H,14,15)(H2,12,13,16). The summed E-state index contributed by atoms with van der Waals surface area (Å²) in [5.41, 5.74) is 0. The first-order chi connectivity index (χ1) is 8.18. The highest BCUT2D eigenvalue weighted by Crippen LogP contribution is 2.14. The summed E-state index contributed by atoms with van der Waals surface area (Å²) in [4.78, 5) is 21.5. The van der Waals surface area contributed by atoms with Gasteiger partial charge in [-0.2, -0.15) is 0 Å². The third kappa shape index (κ3) is 6.78. The Morgan fingerprint density at radius 2 is 2.06 bits per heavy atom. The number of nitrogens with one attached hydrogen (secondary N) is 2. The van der Waals surface area contributed by atoms with Gasteiger partial charge in [0, 0.05) is 26.1 Å².